The zero-order chi connectivity index (χ0) is 16.4. The SMILES string of the molecule is N[C@H](CO)Cc1cn(-c2ccccc2)c2cccc([N+](=O)[O-])c12. The summed E-state index contributed by atoms with van der Waals surface area (Å²) >= 11 is 0. The van der Waals surface area contributed by atoms with Crippen LogP contribution in [0.15, 0.2) is 54.7 Å². The van der Waals surface area contributed by atoms with Crippen LogP contribution in [0.1, 0.15) is 5.56 Å². The van der Waals surface area contributed by atoms with Crippen molar-refractivity contribution in [3.05, 3.63) is 70.4 Å². The molecule has 0 unspecified atom stereocenters. The van der Waals surface area contributed by atoms with E-state index < -0.39 is 6.04 Å². The molecule has 3 N–H and O–H groups in total. The fraction of sp³-hybridized carbons (Fsp3) is 0.176. The fourth-order valence-electron chi connectivity index (χ4n) is 2.80. The number of fused-ring (bicyclic) bond motifs is 1. The molecule has 0 aliphatic carbocycles. The molecule has 0 saturated heterocycles. The highest BCUT2D eigenvalue weighted by molar-refractivity contribution is 5.93. The van der Waals surface area contributed by atoms with E-state index in [0.29, 0.717) is 11.8 Å². The zero-order valence-electron chi connectivity index (χ0n) is 12.4. The van der Waals surface area contributed by atoms with Gasteiger partial charge >= 0.3 is 0 Å². The molecule has 0 spiro atoms. The van der Waals surface area contributed by atoms with Crippen LogP contribution in [0.4, 0.5) is 5.69 Å². The van der Waals surface area contributed by atoms with Crippen LogP contribution >= 0.6 is 0 Å². The van der Waals surface area contributed by atoms with Crippen molar-refractivity contribution in [3.8, 4) is 5.69 Å². The maximum atomic E-state index is 11.4. The summed E-state index contributed by atoms with van der Waals surface area (Å²) in [5.41, 5.74) is 8.33. The Balaban J connectivity index is 2.27. The number of nitro groups is 1. The van der Waals surface area contributed by atoms with E-state index in [1.54, 1.807) is 6.07 Å². The number of aromatic nitrogens is 1. The molecule has 3 rings (SSSR count). The van der Waals surface area contributed by atoms with Crippen molar-refractivity contribution >= 4 is 16.6 Å². The van der Waals surface area contributed by atoms with Crippen molar-refractivity contribution in [2.75, 3.05) is 6.61 Å². The quantitative estimate of drug-likeness (QED) is 0.559. The first-order valence-electron chi connectivity index (χ1n) is 7.31. The van der Waals surface area contributed by atoms with E-state index in [2.05, 4.69) is 0 Å². The van der Waals surface area contributed by atoms with E-state index in [1.807, 2.05) is 47.2 Å². The first-order valence-corrected chi connectivity index (χ1v) is 7.31. The molecule has 0 fully saturated rings. The molecule has 0 aliphatic heterocycles. The lowest BCUT2D eigenvalue weighted by molar-refractivity contribution is -0.383. The van der Waals surface area contributed by atoms with Crippen LogP contribution in [-0.4, -0.2) is 27.2 Å². The summed E-state index contributed by atoms with van der Waals surface area (Å²) in [4.78, 5) is 11.0. The summed E-state index contributed by atoms with van der Waals surface area (Å²) in [6, 6.07) is 14.2. The average molecular weight is 311 g/mol. The lowest BCUT2D eigenvalue weighted by Gasteiger charge is -2.06. The third kappa shape index (κ3) is 2.81. The average Bonchev–Trinajstić information content (AvgIpc) is 2.94. The van der Waals surface area contributed by atoms with Crippen molar-refractivity contribution in [2.45, 2.75) is 12.5 Å². The standard InChI is InChI=1S/C17H17N3O3/c18-13(11-21)9-12-10-19(14-5-2-1-3-6-14)15-7-4-8-16(17(12)15)20(22)23/h1-8,10,13,21H,9,11,18H2/t13-/m0/s1. The predicted octanol–water partition coefficient (Wildman–Crippen LogP) is 2.40. The highest BCUT2D eigenvalue weighted by Crippen LogP contribution is 2.32. The van der Waals surface area contributed by atoms with Gasteiger partial charge < -0.3 is 15.4 Å². The lowest BCUT2D eigenvalue weighted by atomic mass is 10.0. The van der Waals surface area contributed by atoms with Crippen LogP contribution in [-0.2, 0) is 6.42 Å². The highest BCUT2D eigenvalue weighted by atomic mass is 16.6. The number of hydrogen-bond donors (Lipinski definition) is 2. The Hall–Kier alpha value is -2.70. The summed E-state index contributed by atoms with van der Waals surface area (Å²) < 4.78 is 1.92. The number of hydrogen-bond acceptors (Lipinski definition) is 4. The molecule has 6 nitrogen and oxygen atoms in total. The van der Waals surface area contributed by atoms with Crippen molar-refractivity contribution in [3.63, 3.8) is 0 Å². The van der Waals surface area contributed by atoms with E-state index in [0.717, 1.165) is 16.8 Å². The lowest BCUT2D eigenvalue weighted by Crippen LogP contribution is -2.26. The van der Waals surface area contributed by atoms with Gasteiger partial charge in [0.2, 0.25) is 0 Å². The predicted molar refractivity (Wildman–Crippen MR) is 88.7 cm³/mol. The van der Waals surface area contributed by atoms with Crippen molar-refractivity contribution in [1.82, 2.24) is 4.57 Å². The molecule has 0 saturated carbocycles. The normalized spacial score (nSPS) is 12.4. The molecule has 0 amide bonds. The maximum absolute atomic E-state index is 11.4. The van der Waals surface area contributed by atoms with Crippen LogP contribution < -0.4 is 5.73 Å². The molecule has 0 aliphatic rings. The van der Waals surface area contributed by atoms with Gasteiger partial charge in [-0.1, -0.05) is 24.3 Å². The zero-order valence-corrected chi connectivity index (χ0v) is 12.4. The molecule has 0 bridgehead atoms. The minimum absolute atomic E-state index is 0.0531. The van der Waals surface area contributed by atoms with Gasteiger partial charge in [0.15, 0.2) is 0 Å². The second kappa shape index (κ2) is 6.20. The van der Waals surface area contributed by atoms with E-state index in [4.69, 9.17) is 5.73 Å². The molecule has 0 radical (unpaired) electrons. The van der Waals surface area contributed by atoms with Gasteiger partial charge in [-0.05, 0) is 30.2 Å². The van der Waals surface area contributed by atoms with Crippen LogP contribution in [0.25, 0.3) is 16.6 Å². The molecule has 1 heterocycles. The molecule has 2 aromatic carbocycles. The third-order valence-corrected chi connectivity index (χ3v) is 3.83. The van der Waals surface area contributed by atoms with Crippen molar-refractivity contribution in [2.24, 2.45) is 5.73 Å². The minimum Gasteiger partial charge on any atom is -0.395 e. The number of nitrogens with zero attached hydrogens (tertiary/aromatic N) is 2. The second-order valence-corrected chi connectivity index (χ2v) is 5.44. The van der Waals surface area contributed by atoms with Gasteiger partial charge in [-0.3, -0.25) is 10.1 Å². The number of para-hydroxylation sites is 1. The van der Waals surface area contributed by atoms with Gasteiger partial charge in [0.1, 0.15) is 0 Å². The summed E-state index contributed by atoms with van der Waals surface area (Å²) in [5.74, 6) is 0. The van der Waals surface area contributed by atoms with Crippen molar-refractivity contribution in [1.29, 1.82) is 0 Å². The molecule has 118 valence electrons. The third-order valence-electron chi connectivity index (χ3n) is 3.83. The first-order chi connectivity index (χ1) is 11.1. The Morgan fingerprint density at radius 1 is 1.17 bits per heavy atom. The molecule has 3 aromatic rings. The van der Waals surface area contributed by atoms with Crippen LogP contribution in [0.3, 0.4) is 0 Å². The second-order valence-electron chi connectivity index (χ2n) is 5.44. The summed E-state index contributed by atoms with van der Waals surface area (Å²) in [6.45, 7) is -0.168. The Kier molecular flexibility index (Phi) is 4.10. The number of benzene rings is 2. The van der Waals surface area contributed by atoms with Gasteiger partial charge in [0.05, 0.1) is 22.4 Å². The Labute approximate surface area is 132 Å². The molecular weight excluding hydrogens is 294 g/mol. The minimum atomic E-state index is -0.454. The van der Waals surface area contributed by atoms with E-state index in [-0.39, 0.29) is 17.2 Å². The van der Waals surface area contributed by atoms with Gasteiger partial charge in [-0.25, -0.2) is 0 Å². The van der Waals surface area contributed by atoms with Gasteiger partial charge in [-0.2, -0.15) is 0 Å². The number of nitro benzene ring substituents is 1. The molecule has 23 heavy (non-hydrogen) atoms. The maximum Gasteiger partial charge on any atom is 0.279 e. The van der Waals surface area contributed by atoms with Crippen LogP contribution in [0.2, 0.25) is 0 Å². The fourth-order valence-corrected chi connectivity index (χ4v) is 2.80. The Bertz CT molecular complexity index is 843. The molecule has 1 aromatic heterocycles. The van der Waals surface area contributed by atoms with Crippen LogP contribution in [0, 0.1) is 10.1 Å². The number of aliphatic hydroxyl groups is 1. The van der Waals surface area contributed by atoms with Crippen LogP contribution in [0.5, 0.6) is 0 Å². The Morgan fingerprint density at radius 3 is 2.57 bits per heavy atom. The number of nitrogens with two attached hydrogens (primary N) is 1. The van der Waals surface area contributed by atoms with Gasteiger partial charge in [0.25, 0.3) is 5.69 Å². The topological polar surface area (TPSA) is 94.3 Å². The highest BCUT2D eigenvalue weighted by Gasteiger charge is 2.20. The number of aliphatic hydroxyl groups excluding tert-OH is 1. The first kappa shape index (κ1) is 15.2. The molecular formula is C17H17N3O3. The monoisotopic (exact) mass is 311 g/mol. The van der Waals surface area contributed by atoms with E-state index in [9.17, 15) is 15.2 Å². The number of non-ortho nitro benzene ring substituents is 1. The van der Waals surface area contributed by atoms with E-state index in [1.165, 1.54) is 6.07 Å². The van der Waals surface area contributed by atoms with Gasteiger partial charge in [0, 0.05) is 24.0 Å². The summed E-state index contributed by atoms with van der Waals surface area (Å²) in [7, 11) is 0. The Morgan fingerprint density at radius 2 is 1.91 bits per heavy atom. The largest absolute Gasteiger partial charge is 0.395 e. The van der Waals surface area contributed by atoms with Crippen molar-refractivity contribution < 1.29 is 10.0 Å². The smallest absolute Gasteiger partial charge is 0.279 e. The van der Waals surface area contributed by atoms with E-state index >= 15 is 0 Å². The summed E-state index contributed by atoms with van der Waals surface area (Å²) in [5, 5.41) is 21.2. The molecule has 1 atom stereocenters. The number of rotatable bonds is 5. The summed E-state index contributed by atoms with van der Waals surface area (Å²) in [6.07, 6.45) is 2.24. The molecule has 6 heteroatoms. The van der Waals surface area contributed by atoms with Gasteiger partial charge in [-0.15, -0.1) is 0 Å².